The Morgan fingerprint density at radius 2 is 2.23 bits per heavy atom. The Balaban J connectivity index is 2.44. The minimum Gasteiger partial charge on any atom is -0.370 e. The molecule has 0 saturated heterocycles. The fourth-order valence-corrected chi connectivity index (χ4v) is 1.98. The van der Waals surface area contributed by atoms with E-state index in [1.807, 2.05) is 0 Å². The van der Waals surface area contributed by atoms with Gasteiger partial charge in [-0.05, 0) is 25.8 Å². The van der Waals surface area contributed by atoms with Crippen LogP contribution in [0.5, 0.6) is 0 Å². The first kappa shape index (κ1) is 10.5. The number of amides is 1. The summed E-state index contributed by atoms with van der Waals surface area (Å²) in [6.45, 7) is 5.06. The molecule has 0 bridgehead atoms. The molecular formula is C10H20N2O. The predicted molar refractivity (Wildman–Crippen MR) is 53.2 cm³/mol. The normalized spacial score (nSPS) is 21.1. The van der Waals surface area contributed by atoms with Gasteiger partial charge in [-0.25, -0.2) is 0 Å². The molecule has 1 rings (SSSR count). The van der Waals surface area contributed by atoms with Crippen molar-refractivity contribution in [2.45, 2.75) is 45.1 Å². The zero-order valence-electron chi connectivity index (χ0n) is 8.60. The molecule has 0 aromatic rings. The summed E-state index contributed by atoms with van der Waals surface area (Å²) in [4.78, 5) is 10.9. The van der Waals surface area contributed by atoms with Crippen LogP contribution in [0.2, 0.25) is 0 Å². The first-order chi connectivity index (χ1) is 6.06. The van der Waals surface area contributed by atoms with Gasteiger partial charge in [-0.2, -0.15) is 0 Å². The molecular weight excluding hydrogens is 164 g/mol. The number of nitrogens with one attached hydrogen (secondary N) is 1. The van der Waals surface area contributed by atoms with Crippen LogP contribution in [0.4, 0.5) is 0 Å². The van der Waals surface area contributed by atoms with Gasteiger partial charge in [0.15, 0.2) is 0 Å². The van der Waals surface area contributed by atoms with E-state index in [1.54, 1.807) is 0 Å². The van der Waals surface area contributed by atoms with Crippen molar-refractivity contribution in [3.05, 3.63) is 0 Å². The van der Waals surface area contributed by atoms with Crippen molar-refractivity contribution in [2.24, 2.45) is 11.7 Å². The molecule has 0 aromatic heterocycles. The van der Waals surface area contributed by atoms with Crippen LogP contribution in [0.1, 0.15) is 39.5 Å². The zero-order valence-corrected chi connectivity index (χ0v) is 8.60. The number of carbonyl (C=O) groups excluding carboxylic acids is 1. The van der Waals surface area contributed by atoms with Gasteiger partial charge in [0, 0.05) is 12.0 Å². The maximum Gasteiger partial charge on any atom is 0.219 e. The monoisotopic (exact) mass is 184 g/mol. The van der Waals surface area contributed by atoms with E-state index < -0.39 is 0 Å². The molecule has 3 heteroatoms. The van der Waals surface area contributed by atoms with Gasteiger partial charge in [-0.1, -0.05) is 19.8 Å². The third-order valence-electron chi connectivity index (χ3n) is 2.60. The summed E-state index contributed by atoms with van der Waals surface area (Å²) in [6, 6.07) is 0. The van der Waals surface area contributed by atoms with Crippen LogP contribution >= 0.6 is 0 Å². The molecule has 1 aliphatic rings. The lowest BCUT2D eigenvalue weighted by Crippen LogP contribution is -2.45. The van der Waals surface area contributed by atoms with Gasteiger partial charge >= 0.3 is 0 Å². The Bertz CT molecular complexity index is 189. The maximum absolute atomic E-state index is 10.9. The molecule has 1 aliphatic carbocycles. The minimum atomic E-state index is -0.205. The summed E-state index contributed by atoms with van der Waals surface area (Å²) in [5, 5.41) is 3.36. The second kappa shape index (κ2) is 4.09. The van der Waals surface area contributed by atoms with Crippen LogP contribution in [0, 0.1) is 5.92 Å². The van der Waals surface area contributed by atoms with Crippen molar-refractivity contribution in [2.75, 3.05) is 6.54 Å². The SMILES string of the molecule is CCNC(C)(CC(N)=O)CC1CC1. The largest absolute Gasteiger partial charge is 0.370 e. The van der Waals surface area contributed by atoms with E-state index in [9.17, 15) is 4.79 Å². The maximum atomic E-state index is 10.9. The Kier molecular flexibility index (Phi) is 3.31. The molecule has 0 aliphatic heterocycles. The molecule has 13 heavy (non-hydrogen) atoms. The summed E-state index contributed by atoms with van der Waals surface area (Å²) < 4.78 is 0. The van der Waals surface area contributed by atoms with Crippen LogP contribution in [-0.2, 0) is 4.79 Å². The van der Waals surface area contributed by atoms with E-state index in [0.29, 0.717) is 6.42 Å². The molecule has 0 spiro atoms. The topological polar surface area (TPSA) is 55.1 Å². The van der Waals surface area contributed by atoms with Crippen molar-refractivity contribution >= 4 is 5.91 Å². The van der Waals surface area contributed by atoms with Gasteiger partial charge in [-0.15, -0.1) is 0 Å². The number of hydrogen-bond donors (Lipinski definition) is 2. The van der Waals surface area contributed by atoms with Gasteiger partial charge in [-0.3, -0.25) is 4.79 Å². The second-order valence-electron chi connectivity index (χ2n) is 4.38. The Morgan fingerprint density at radius 1 is 1.62 bits per heavy atom. The van der Waals surface area contributed by atoms with Gasteiger partial charge in [0.1, 0.15) is 0 Å². The van der Waals surface area contributed by atoms with Crippen molar-refractivity contribution in [1.29, 1.82) is 0 Å². The van der Waals surface area contributed by atoms with Crippen LogP contribution in [0.15, 0.2) is 0 Å². The number of rotatable bonds is 6. The minimum absolute atomic E-state index is 0.0677. The van der Waals surface area contributed by atoms with Gasteiger partial charge in [0.2, 0.25) is 5.91 Å². The summed E-state index contributed by atoms with van der Waals surface area (Å²) in [7, 11) is 0. The molecule has 1 atom stereocenters. The molecule has 1 fully saturated rings. The molecule has 1 saturated carbocycles. The van der Waals surface area contributed by atoms with Crippen molar-refractivity contribution in [3.63, 3.8) is 0 Å². The number of nitrogens with two attached hydrogens (primary N) is 1. The van der Waals surface area contributed by atoms with Crippen LogP contribution in [-0.4, -0.2) is 18.0 Å². The van der Waals surface area contributed by atoms with E-state index in [4.69, 9.17) is 5.73 Å². The lowest BCUT2D eigenvalue weighted by Gasteiger charge is -2.29. The van der Waals surface area contributed by atoms with E-state index in [2.05, 4.69) is 19.2 Å². The summed E-state index contributed by atoms with van der Waals surface area (Å²) in [5.74, 6) is 0.618. The van der Waals surface area contributed by atoms with E-state index in [-0.39, 0.29) is 11.4 Å². The quantitative estimate of drug-likeness (QED) is 0.648. The summed E-state index contributed by atoms with van der Waals surface area (Å²) in [5.41, 5.74) is 5.16. The van der Waals surface area contributed by atoms with E-state index in [0.717, 1.165) is 18.9 Å². The predicted octanol–water partition coefficient (Wildman–Crippen LogP) is 1.03. The lowest BCUT2D eigenvalue weighted by molar-refractivity contribution is -0.119. The highest BCUT2D eigenvalue weighted by atomic mass is 16.1. The molecule has 0 heterocycles. The fraction of sp³-hybridized carbons (Fsp3) is 0.900. The fourth-order valence-electron chi connectivity index (χ4n) is 1.98. The highest BCUT2D eigenvalue weighted by Gasteiger charge is 2.33. The van der Waals surface area contributed by atoms with Crippen molar-refractivity contribution < 1.29 is 4.79 Å². The first-order valence-electron chi connectivity index (χ1n) is 5.09. The molecule has 3 N–H and O–H groups in total. The Hall–Kier alpha value is -0.570. The standard InChI is InChI=1S/C10H20N2O/c1-3-12-10(2,7-9(11)13)6-8-4-5-8/h8,12H,3-7H2,1-2H3,(H2,11,13). The average Bonchev–Trinajstić information content (AvgIpc) is 2.68. The van der Waals surface area contributed by atoms with Crippen molar-refractivity contribution in [3.8, 4) is 0 Å². The number of carbonyl (C=O) groups is 1. The molecule has 0 aromatic carbocycles. The van der Waals surface area contributed by atoms with Gasteiger partial charge < -0.3 is 11.1 Å². The van der Waals surface area contributed by atoms with Gasteiger partial charge in [0.05, 0.1) is 0 Å². The summed E-state index contributed by atoms with van der Waals surface area (Å²) in [6.07, 6.45) is 4.18. The lowest BCUT2D eigenvalue weighted by atomic mass is 9.90. The van der Waals surface area contributed by atoms with Gasteiger partial charge in [0.25, 0.3) is 0 Å². The second-order valence-corrected chi connectivity index (χ2v) is 4.38. The highest BCUT2D eigenvalue weighted by Crippen LogP contribution is 2.37. The zero-order chi connectivity index (χ0) is 9.90. The molecule has 0 radical (unpaired) electrons. The molecule has 3 nitrogen and oxygen atoms in total. The third kappa shape index (κ3) is 3.77. The Morgan fingerprint density at radius 3 is 2.62 bits per heavy atom. The molecule has 1 unspecified atom stereocenters. The van der Waals surface area contributed by atoms with Crippen molar-refractivity contribution in [1.82, 2.24) is 5.32 Å². The first-order valence-corrected chi connectivity index (χ1v) is 5.09. The van der Waals surface area contributed by atoms with Crippen LogP contribution < -0.4 is 11.1 Å². The molecule has 1 amide bonds. The van der Waals surface area contributed by atoms with E-state index in [1.165, 1.54) is 12.8 Å². The summed E-state index contributed by atoms with van der Waals surface area (Å²) >= 11 is 0. The average molecular weight is 184 g/mol. The third-order valence-corrected chi connectivity index (χ3v) is 2.60. The van der Waals surface area contributed by atoms with Crippen LogP contribution in [0.25, 0.3) is 0 Å². The molecule has 76 valence electrons. The van der Waals surface area contributed by atoms with Crippen LogP contribution in [0.3, 0.4) is 0 Å². The van der Waals surface area contributed by atoms with E-state index >= 15 is 0 Å². The smallest absolute Gasteiger partial charge is 0.219 e. The number of primary amides is 1. The number of hydrogen-bond acceptors (Lipinski definition) is 2. The highest BCUT2D eigenvalue weighted by molar-refractivity contribution is 5.75. The Labute approximate surface area is 80.1 Å².